The molecule has 0 aromatic carbocycles. The quantitative estimate of drug-likeness (QED) is 0.601. The molecule has 1 nitrogen and oxygen atoms in total. The maximum atomic E-state index is 9.80. The van der Waals surface area contributed by atoms with Gasteiger partial charge in [-0.3, -0.25) is 0 Å². The van der Waals surface area contributed by atoms with Crippen LogP contribution in [0.2, 0.25) is 8.94 Å². The first-order valence-corrected chi connectivity index (χ1v) is 9.31. The number of thiophene rings is 1. The minimum atomic E-state index is -0.193. The van der Waals surface area contributed by atoms with E-state index >= 15 is 0 Å². The number of hydrogen-bond donors (Lipinski definition) is 1. The number of unbranched alkanes of at least 4 members (excludes halogenated alkanes) is 1. The molecule has 0 aliphatic carbocycles. The van der Waals surface area contributed by atoms with Gasteiger partial charge in [0.1, 0.15) is 0 Å². The zero-order valence-corrected chi connectivity index (χ0v) is 11.8. The second kappa shape index (κ2) is 7.70. The Morgan fingerprint density at radius 2 is 2.36 bits per heavy atom. The first kappa shape index (κ1) is 12.5. The number of rotatable bonds is 7. The third-order valence-electron chi connectivity index (χ3n) is 2.05. The van der Waals surface area contributed by atoms with Crippen molar-refractivity contribution in [2.24, 2.45) is 0 Å². The van der Waals surface area contributed by atoms with Crippen LogP contribution in [0.1, 0.15) is 37.2 Å². The number of hydrogen-bond acceptors (Lipinski definition) is 2. The molecule has 14 heavy (non-hydrogen) atoms. The van der Waals surface area contributed by atoms with Gasteiger partial charge < -0.3 is 0 Å². The van der Waals surface area contributed by atoms with E-state index in [1.54, 1.807) is 11.3 Å². The van der Waals surface area contributed by atoms with E-state index < -0.39 is 0 Å². The SMILES string of the molecule is CCCC[Te]CCC(O)c1cccs1. The molecule has 0 spiro atoms. The van der Waals surface area contributed by atoms with Crippen molar-refractivity contribution in [2.45, 2.75) is 41.2 Å². The number of aliphatic hydroxyl groups excluding tert-OH is 1. The van der Waals surface area contributed by atoms with Gasteiger partial charge in [0.05, 0.1) is 0 Å². The van der Waals surface area contributed by atoms with Crippen LogP contribution in [0, 0.1) is 0 Å². The van der Waals surface area contributed by atoms with Crippen molar-refractivity contribution >= 4 is 32.3 Å². The first-order chi connectivity index (χ1) is 6.84. The molecule has 1 rings (SSSR count). The zero-order chi connectivity index (χ0) is 10.2. The molecule has 80 valence electrons. The second-order valence-corrected chi connectivity index (χ2v) is 7.76. The summed E-state index contributed by atoms with van der Waals surface area (Å²) in [5, 5.41) is 11.8. The van der Waals surface area contributed by atoms with Crippen LogP contribution >= 0.6 is 11.3 Å². The standard InChI is InChI=1S/C11H18OSTe/c1-2-3-8-14-9-6-10(12)11-5-4-7-13-11/h4-5,7,10,12H,2-3,6,8-9H2,1H3. The van der Waals surface area contributed by atoms with Crippen molar-refractivity contribution in [2.75, 3.05) is 0 Å². The van der Waals surface area contributed by atoms with E-state index in [1.807, 2.05) is 17.5 Å². The van der Waals surface area contributed by atoms with E-state index in [1.165, 1.54) is 21.8 Å². The normalized spacial score (nSPS) is 13.0. The molecular formula is C11H18OSTe. The fourth-order valence-corrected chi connectivity index (χ4v) is 5.01. The monoisotopic (exact) mass is 328 g/mol. The maximum absolute atomic E-state index is 9.80. The van der Waals surface area contributed by atoms with Gasteiger partial charge in [0, 0.05) is 0 Å². The molecule has 0 fully saturated rings. The Bertz CT molecular complexity index is 223. The van der Waals surface area contributed by atoms with Gasteiger partial charge in [0.2, 0.25) is 0 Å². The van der Waals surface area contributed by atoms with Crippen molar-refractivity contribution in [1.82, 2.24) is 0 Å². The van der Waals surface area contributed by atoms with Crippen molar-refractivity contribution in [3.63, 3.8) is 0 Å². The Hall–Kier alpha value is 0.450. The van der Waals surface area contributed by atoms with Crippen LogP contribution in [0.4, 0.5) is 0 Å². The van der Waals surface area contributed by atoms with Gasteiger partial charge in [-0.05, 0) is 0 Å². The molecule has 0 bridgehead atoms. The number of aliphatic hydroxyl groups is 1. The Kier molecular flexibility index (Phi) is 6.89. The molecule has 1 aromatic heterocycles. The van der Waals surface area contributed by atoms with Crippen LogP contribution in [0.3, 0.4) is 0 Å². The Balaban J connectivity index is 2.07. The molecule has 0 saturated heterocycles. The van der Waals surface area contributed by atoms with E-state index in [0.717, 1.165) is 11.3 Å². The molecule has 1 unspecified atom stereocenters. The summed E-state index contributed by atoms with van der Waals surface area (Å²) in [5.41, 5.74) is 0. The van der Waals surface area contributed by atoms with Crippen molar-refractivity contribution in [1.29, 1.82) is 0 Å². The Labute approximate surface area is 101 Å². The summed E-state index contributed by atoms with van der Waals surface area (Å²) in [5.74, 6) is 0. The molecule has 0 saturated carbocycles. The van der Waals surface area contributed by atoms with Crippen molar-refractivity contribution in [3.8, 4) is 0 Å². The van der Waals surface area contributed by atoms with Gasteiger partial charge >= 0.3 is 101 Å². The van der Waals surface area contributed by atoms with Crippen LogP contribution in [0.25, 0.3) is 0 Å². The zero-order valence-electron chi connectivity index (χ0n) is 8.61. The van der Waals surface area contributed by atoms with Crippen LogP contribution < -0.4 is 0 Å². The van der Waals surface area contributed by atoms with E-state index in [0.29, 0.717) is 0 Å². The van der Waals surface area contributed by atoms with Crippen molar-refractivity contribution in [3.05, 3.63) is 22.4 Å². The molecule has 1 heterocycles. The van der Waals surface area contributed by atoms with Gasteiger partial charge in [-0.1, -0.05) is 0 Å². The summed E-state index contributed by atoms with van der Waals surface area (Å²) >= 11 is 1.85. The molecule has 0 aliphatic rings. The van der Waals surface area contributed by atoms with E-state index in [-0.39, 0.29) is 27.0 Å². The molecule has 1 atom stereocenters. The second-order valence-electron chi connectivity index (χ2n) is 3.29. The van der Waals surface area contributed by atoms with E-state index in [2.05, 4.69) is 6.92 Å². The van der Waals surface area contributed by atoms with Crippen LogP contribution in [-0.2, 0) is 0 Å². The summed E-state index contributed by atoms with van der Waals surface area (Å²) in [4.78, 5) is 1.13. The predicted molar refractivity (Wildman–Crippen MR) is 64.2 cm³/mol. The van der Waals surface area contributed by atoms with Gasteiger partial charge in [-0.15, -0.1) is 0 Å². The third kappa shape index (κ3) is 4.79. The average Bonchev–Trinajstić information content (AvgIpc) is 2.70. The van der Waals surface area contributed by atoms with E-state index in [9.17, 15) is 5.11 Å². The van der Waals surface area contributed by atoms with Crippen molar-refractivity contribution < 1.29 is 5.11 Å². The minimum absolute atomic E-state index is 0.187. The molecule has 0 radical (unpaired) electrons. The van der Waals surface area contributed by atoms with Gasteiger partial charge in [-0.25, -0.2) is 0 Å². The van der Waals surface area contributed by atoms with Crippen LogP contribution in [-0.4, -0.2) is 26.0 Å². The molecule has 0 amide bonds. The van der Waals surface area contributed by atoms with Crippen LogP contribution in [0.5, 0.6) is 0 Å². The first-order valence-electron chi connectivity index (χ1n) is 5.13. The molecule has 1 aromatic rings. The average molecular weight is 326 g/mol. The summed E-state index contributed by atoms with van der Waals surface area (Å²) < 4.78 is 2.73. The fourth-order valence-electron chi connectivity index (χ4n) is 1.17. The summed E-state index contributed by atoms with van der Waals surface area (Å²) in [6.07, 6.45) is 3.49. The molecule has 0 aliphatic heterocycles. The molecular weight excluding hydrogens is 308 g/mol. The molecule has 3 heteroatoms. The van der Waals surface area contributed by atoms with Crippen LogP contribution in [0.15, 0.2) is 17.5 Å². The Morgan fingerprint density at radius 3 is 3.00 bits per heavy atom. The topological polar surface area (TPSA) is 20.2 Å². The van der Waals surface area contributed by atoms with Gasteiger partial charge in [0.25, 0.3) is 0 Å². The third-order valence-corrected chi connectivity index (χ3v) is 6.17. The summed E-state index contributed by atoms with van der Waals surface area (Å²) in [6, 6.07) is 4.04. The summed E-state index contributed by atoms with van der Waals surface area (Å²) in [6.45, 7) is 2.24. The van der Waals surface area contributed by atoms with Gasteiger partial charge in [0.15, 0.2) is 0 Å². The fraction of sp³-hybridized carbons (Fsp3) is 0.636. The summed E-state index contributed by atoms with van der Waals surface area (Å²) in [7, 11) is 0. The molecule has 1 N–H and O–H groups in total. The van der Waals surface area contributed by atoms with E-state index in [4.69, 9.17) is 0 Å². The predicted octanol–water partition coefficient (Wildman–Crippen LogP) is 3.51. The van der Waals surface area contributed by atoms with Gasteiger partial charge in [-0.2, -0.15) is 0 Å². The Morgan fingerprint density at radius 1 is 1.50 bits per heavy atom.